The average Bonchev–Trinajstić information content (AvgIpc) is 2.42. The van der Waals surface area contributed by atoms with E-state index in [1.54, 1.807) is 7.11 Å². The summed E-state index contributed by atoms with van der Waals surface area (Å²) in [5.74, 6) is 2.22. The maximum Gasteiger partial charge on any atom is 0.141 e. The summed E-state index contributed by atoms with van der Waals surface area (Å²) in [5, 5.41) is 9.02. The summed E-state index contributed by atoms with van der Waals surface area (Å²) < 4.78 is 11.6. The van der Waals surface area contributed by atoms with Gasteiger partial charge in [0, 0.05) is 0 Å². The number of hydrogen-bond donors (Lipinski definition) is 1. The van der Waals surface area contributed by atoms with Crippen LogP contribution in [0.5, 0.6) is 17.2 Å². The number of halogens is 1. The summed E-state index contributed by atoms with van der Waals surface area (Å²) in [6, 6.07) is 12.8. The number of ether oxygens (including phenoxy) is 2. The van der Waals surface area contributed by atoms with Crippen LogP contribution in [-0.4, -0.2) is 12.2 Å². The van der Waals surface area contributed by atoms with Crippen molar-refractivity contribution in [2.45, 2.75) is 6.61 Å². The molecule has 2 aromatic carbocycles. The van der Waals surface area contributed by atoms with Gasteiger partial charge < -0.3 is 14.6 Å². The van der Waals surface area contributed by atoms with Gasteiger partial charge in [0.25, 0.3) is 0 Å². The normalized spacial score (nSPS) is 10.2. The number of aliphatic hydroxyl groups excluding tert-OH is 1. The largest absolute Gasteiger partial charge is 0.497 e. The molecule has 2 rings (SSSR count). The molecule has 18 heavy (non-hydrogen) atoms. The summed E-state index contributed by atoms with van der Waals surface area (Å²) in [6.07, 6.45) is 0. The summed E-state index contributed by atoms with van der Waals surface area (Å²) in [5.41, 5.74) is 0.837. The molecule has 0 saturated carbocycles. The Labute approximate surface area is 114 Å². The lowest BCUT2D eigenvalue weighted by Gasteiger charge is -2.09. The third kappa shape index (κ3) is 3.03. The van der Waals surface area contributed by atoms with Crippen molar-refractivity contribution < 1.29 is 14.6 Å². The van der Waals surface area contributed by atoms with E-state index >= 15 is 0 Å². The number of rotatable bonds is 4. The van der Waals surface area contributed by atoms with Crippen molar-refractivity contribution in [3.63, 3.8) is 0 Å². The Hall–Kier alpha value is -1.52. The van der Waals surface area contributed by atoms with Gasteiger partial charge >= 0.3 is 0 Å². The lowest BCUT2D eigenvalue weighted by Crippen LogP contribution is -1.89. The van der Waals surface area contributed by atoms with Gasteiger partial charge in [-0.3, -0.25) is 0 Å². The Morgan fingerprint density at radius 3 is 2.28 bits per heavy atom. The molecule has 0 aliphatic heterocycles. The van der Waals surface area contributed by atoms with Crippen LogP contribution in [-0.2, 0) is 6.61 Å². The van der Waals surface area contributed by atoms with Crippen LogP contribution in [0, 0.1) is 0 Å². The van der Waals surface area contributed by atoms with E-state index < -0.39 is 0 Å². The number of hydrogen-bond acceptors (Lipinski definition) is 3. The first-order valence-electron chi connectivity index (χ1n) is 5.44. The molecule has 94 valence electrons. The van der Waals surface area contributed by atoms with Gasteiger partial charge in [0.2, 0.25) is 0 Å². The minimum absolute atomic E-state index is 0.0153. The SMILES string of the molecule is COc1ccc(Oc2ccc(CO)cc2Br)cc1. The summed E-state index contributed by atoms with van der Waals surface area (Å²) in [7, 11) is 1.63. The van der Waals surface area contributed by atoms with E-state index in [1.165, 1.54) is 0 Å². The zero-order chi connectivity index (χ0) is 13.0. The lowest BCUT2D eigenvalue weighted by atomic mass is 10.2. The zero-order valence-electron chi connectivity index (χ0n) is 9.89. The molecule has 1 N–H and O–H groups in total. The van der Waals surface area contributed by atoms with E-state index in [4.69, 9.17) is 14.6 Å². The molecule has 4 heteroatoms. The third-order valence-corrected chi connectivity index (χ3v) is 3.09. The van der Waals surface area contributed by atoms with Gasteiger partial charge in [-0.05, 0) is 57.9 Å². The van der Waals surface area contributed by atoms with Crippen molar-refractivity contribution in [2.24, 2.45) is 0 Å². The highest BCUT2D eigenvalue weighted by molar-refractivity contribution is 9.10. The monoisotopic (exact) mass is 308 g/mol. The van der Waals surface area contributed by atoms with Crippen LogP contribution in [0.4, 0.5) is 0 Å². The summed E-state index contributed by atoms with van der Waals surface area (Å²) in [4.78, 5) is 0. The first-order chi connectivity index (χ1) is 8.72. The number of benzene rings is 2. The molecule has 0 spiro atoms. The van der Waals surface area contributed by atoms with Crippen LogP contribution in [0.15, 0.2) is 46.9 Å². The van der Waals surface area contributed by atoms with Gasteiger partial charge in [0.05, 0.1) is 18.2 Å². The minimum atomic E-state index is 0.0153. The van der Waals surface area contributed by atoms with E-state index in [9.17, 15) is 0 Å². The predicted molar refractivity (Wildman–Crippen MR) is 73.1 cm³/mol. The van der Waals surface area contributed by atoms with Crippen molar-refractivity contribution in [1.82, 2.24) is 0 Å². The molecular weight excluding hydrogens is 296 g/mol. The van der Waals surface area contributed by atoms with Gasteiger partial charge in [-0.2, -0.15) is 0 Å². The fourth-order valence-electron chi connectivity index (χ4n) is 1.50. The highest BCUT2D eigenvalue weighted by Gasteiger charge is 2.04. The molecule has 0 unspecified atom stereocenters. The number of methoxy groups -OCH3 is 1. The second-order valence-electron chi connectivity index (χ2n) is 3.70. The third-order valence-electron chi connectivity index (χ3n) is 2.47. The Morgan fingerprint density at radius 2 is 1.72 bits per heavy atom. The number of aliphatic hydroxyl groups is 1. The first kappa shape index (κ1) is 12.9. The molecule has 2 aromatic rings. The fourth-order valence-corrected chi connectivity index (χ4v) is 2.00. The van der Waals surface area contributed by atoms with Gasteiger partial charge in [-0.15, -0.1) is 0 Å². The van der Waals surface area contributed by atoms with Gasteiger partial charge in [-0.25, -0.2) is 0 Å². The summed E-state index contributed by atoms with van der Waals surface area (Å²) >= 11 is 3.41. The van der Waals surface area contributed by atoms with Crippen LogP contribution in [0.2, 0.25) is 0 Å². The van der Waals surface area contributed by atoms with Gasteiger partial charge in [0.1, 0.15) is 17.2 Å². The van der Waals surface area contributed by atoms with Crippen molar-refractivity contribution in [3.05, 3.63) is 52.5 Å². The lowest BCUT2D eigenvalue weighted by molar-refractivity contribution is 0.281. The van der Waals surface area contributed by atoms with Crippen LogP contribution in [0.3, 0.4) is 0 Å². The Kier molecular flexibility index (Phi) is 4.23. The van der Waals surface area contributed by atoms with Crippen LogP contribution >= 0.6 is 15.9 Å². The van der Waals surface area contributed by atoms with Crippen molar-refractivity contribution in [1.29, 1.82) is 0 Å². The molecule has 0 aliphatic rings. The van der Waals surface area contributed by atoms with Gasteiger partial charge in [-0.1, -0.05) is 6.07 Å². The highest BCUT2D eigenvalue weighted by atomic mass is 79.9. The van der Waals surface area contributed by atoms with Crippen LogP contribution in [0.25, 0.3) is 0 Å². The van der Waals surface area contributed by atoms with E-state index in [2.05, 4.69) is 15.9 Å². The standard InChI is InChI=1S/C14H13BrO3/c1-17-11-3-5-12(6-4-11)18-14-7-2-10(9-16)8-13(14)15/h2-8,16H,9H2,1H3. The molecule has 0 bridgehead atoms. The van der Waals surface area contributed by atoms with Gasteiger partial charge in [0.15, 0.2) is 0 Å². The van der Waals surface area contributed by atoms with E-state index in [1.807, 2.05) is 42.5 Å². The Bertz CT molecular complexity index is 523. The molecule has 0 aromatic heterocycles. The molecular formula is C14H13BrO3. The van der Waals surface area contributed by atoms with Crippen LogP contribution in [0.1, 0.15) is 5.56 Å². The first-order valence-corrected chi connectivity index (χ1v) is 6.23. The van der Waals surface area contributed by atoms with E-state index in [-0.39, 0.29) is 6.61 Å². The fraction of sp³-hybridized carbons (Fsp3) is 0.143. The molecule has 0 heterocycles. The highest BCUT2D eigenvalue weighted by Crippen LogP contribution is 2.31. The smallest absolute Gasteiger partial charge is 0.141 e. The second kappa shape index (κ2) is 5.89. The van der Waals surface area contributed by atoms with Crippen molar-refractivity contribution in [3.8, 4) is 17.2 Å². The Balaban J connectivity index is 2.17. The van der Waals surface area contributed by atoms with E-state index in [0.29, 0.717) is 5.75 Å². The maximum atomic E-state index is 9.02. The topological polar surface area (TPSA) is 38.7 Å². The summed E-state index contributed by atoms with van der Waals surface area (Å²) in [6.45, 7) is 0.0153. The van der Waals surface area contributed by atoms with Crippen molar-refractivity contribution >= 4 is 15.9 Å². The quantitative estimate of drug-likeness (QED) is 0.935. The van der Waals surface area contributed by atoms with Crippen LogP contribution < -0.4 is 9.47 Å². The molecule has 0 atom stereocenters. The molecule has 0 saturated heterocycles. The molecule has 0 radical (unpaired) electrons. The van der Waals surface area contributed by atoms with E-state index in [0.717, 1.165) is 21.5 Å². The maximum absolute atomic E-state index is 9.02. The average molecular weight is 309 g/mol. The molecule has 3 nitrogen and oxygen atoms in total. The van der Waals surface area contributed by atoms with Crippen molar-refractivity contribution in [2.75, 3.05) is 7.11 Å². The minimum Gasteiger partial charge on any atom is -0.497 e. The Morgan fingerprint density at radius 1 is 1.06 bits per heavy atom. The predicted octanol–water partition coefficient (Wildman–Crippen LogP) is 3.74. The molecule has 0 aliphatic carbocycles. The second-order valence-corrected chi connectivity index (χ2v) is 4.55. The molecule has 0 amide bonds. The molecule has 0 fully saturated rings. The zero-order valence-corrected chi connectivity index (χ0v) is 11.5.